The fourth-order valence-corrected chi connectivity index (χ4v) is 2.37. The standard InChI is InChI=1S/C13H20NO/c1-14-9-7-12(8-10-14)13(15)11-5-3-2-4-6-11/h2-3,5-6,12-13,15H,4,7-10H2,1H3. The quantitative estimate of drug-likeness (QED) is 0.744. The van der Waals surface area contributed by atoms with Crippen LogP contribution in [0.3, 0.4) is 0 Å². The molecule has 2 heteroatoms. The van der Waals surface area contributed by atoms with Crippen LogP contribution in [0.1, 0.15) is 19.3 Å². The van der Waals surface area contributed by atoms with Gasteiger partial charge in [-0.1, -0.05) is 18.2 Å². The van der Waals surface area contributed by atoms with E-state index >= 15 is 0 Å². The number of hydrogen-bond acceptors (Lipinski definition) is 2. The van der Waals surface area contributed by atoms with Gasteiger partial charge in [-0.3, -0.25) is 0 Å². The largest absolute Gasteiger partial charge is 0.388 e. The van der Waals surface area contributed by atoms with Gasteiger partial charge in [-0.25, -0.2) is 0 Å². The highest BCUT2D eigenvalue weighted by Crippen LogP contribution is 2.26. The predicted molar refractivity (Wildman–Crippen MR) is 62.4 cm³/mol. The maximum absolute atomic E-state index is 10.2. The number of piperidine rings is 1. The third-order valence-electron chi connectivity index (χ3n) is 3.47. The first-order valence-corrected chi connectivity index (χ1v) is 5.84. The van der Waals surface area contributed by atoms with Crippen molar-refractivity contribution < 1.29 is 5.11 Å². The van der Waals surface area contributed by atoms with E-state index in [1.807, 2.05) is 12.2 Å². The lowest BCUT2D eigenvalue weighted by Gasteiger charge is -2.32. The van der Waals surface area contributed by atoms with Crippen LogP contribution in [-0.4, -0.2) is 36.2 Å². The number of hydrogen-bond donors (Lipinski definition) is 1. The van der Waals surface area contributed by atoms with E-state index < -0.39 is 0 Å². The first-order chi connectivity index (χ1) is 7.27. The lowest BCUT2D eigenvalue weighted by molar-refractivity contribution is 0.0933. The number of rotatable bonds is 2. The van der Waals surface area contributed by atoms with Crippen LogP contribution in [0.25, 0.3) is 0 Å². The minimum atomic E-state index is -0.247. The van der Waals surface area contributed by atoms with Crippen molar-refractivity contribution in [3.8, 4) is 0 Å². The van der Waals surface area contributed by atoms with Crippen LogP contribution < -0.4 is 0 Å². The Labute approximate surface area is 92.3 Å². The van der Waals surface area contributed by atoms with Crippen LogP contribution in [0.4, 0.5) is 0 Å². The number of likely N-dealkylation sites (tertiary alicyclic amines) is 1. The van der Waals surface area contributed by atoms with Crippen molar-refractivity contribution in [1.82, 2.24) is 4.90 Å². The number of allylic oxidation sites excluding steroid dienone is 2. The van der Waals surface area contributed by atoms with E-state index in [2.05, 4.69) is 24.4 Å². The fourth-order valence-electron chi connectivity index (χ4n) is 2.37. The summed E-state index contributed by atoms with van der Waals surface area (Å²) in [7, 11) is 2.15. The van der Waals surface area contributed by atoms with E-state index in [0.717, 1.165) is 37.9 Å². The SMILES string of the molecule is CN1CCC(C(O)C2=CC[CH]C=C2)CC1. The Morgan fingerprint density at radius 1 is 1.40 bits per heavy atom. The van der Waals surface area contributed by atoms with Crippen molar-refractivity contribution in [2.75, 3.05) is 20.1 Å². The summed E-state index contributed by atoms with van der Waals surface area (Å²) in [6.07, 6.45) is 11.3. The molecule has 0 amide bonds. The molecule has 1 saturated heterocycles. The van der Waals surface area contributed by atoms with E-state index in [1.165, 1.54) is 0 Å². The molecule has 2 rings (SSSR count). The molecule has 15 heavy (non-hydrogen) atoms. The first kappa shape index (κ1) is 10.9. The zero-order valence-electron chi connectivity index (χ0n) is 9.39. The molecule has 0 spiro atoms. The second kappa shape index (κ2) is 4.95. The summed E-state index contributed by atoms with van der Waals surface area (Å²) in [6, 6.07) is 0. The second-order valence-corrected chi connectivity index (χ2v) is 4.62. The normalized spacial score (nSPS) is 26.4. The molecule has 1 N–H and O–H groups in total. The van der Waals surface area contributed by atoms with Gasteiger partial charge in [-0.05, 0) is 57.3 Å². The van der Waals surface area contributed by atoms with Gasteiger partial charge in [-0.15, -0.1) is 0 Å². The molecule has 2 aliphatic rings. The number of aliphatic hydroxyl groups excluding tert-OH is 1. The monoisotopic (exact) mass is 206 g/mol. The second-order valence-electron chi connectivity index (χ2n) is 4.62. The van der Waals surface area contributed by atoms with Crippen LogP contribution in [-0.2, 0) is 0 Å². The number of nitrogens with zero attached hydrogens (tertiary/aromatic N) is 1. The lowest BCUT2D eigenvalue weighted by atomic mass is 9.86. The van der Waals surface area contributed by atoms with E-state index in [-0.39, 0.29) is 6.10 Å². The van der Waals surface area contributed by atoms with Gasteiger partial charge in [0.15, 0.2) is 0 Å². The van der Waals surface area contributed by atoms with Gasteiger partial charge in [0.05, 0.1) is 6.10 Å². The van der Waals surface area contributed by atoms with E-state index in [9.17, 15) is 5.11 Å². The Kier molecular flexibility index (Phi) is 3.60. The number of aliphatic hydroxyl groups is 1. The third-order valence-corrected chi connectivity index (χ3v) is 3.47. The summed E-state index contributed by atoms with van der Waals surface area (Å²) in [4.78, 5) is 2.34. The van der Waals surface area contributed by atoms with Crippen molar-refractivity contribution in [3.05, 3.63) is 30.2 Å². The fraction of sp³-hybridized carbons (Fsp3) is 0.615. The summed E-state index contributed by atoms with van der Waals surface area (Å²) in [6.45, 7) is 2.23. The van der Waals surface area contributed by atoms with Gasteiger partial charge in [-0.2, -0.15) is 0 Å². The molecule has 1 heterocycles. The highest BCUT2D eigenvalue weighted by Gasteiger charge is 2.25. The Balaban J connectivity index is 1.92. The van der Waals surface area contributed by atoms with Crippen molar-refractivity contribution in [1.29, 1.82) is 0 Å². The van der Waals surface area contributed by atoms with Gasteiger partial charge < -0.3 is 10.0 Å². The maximum atomic E-state index is 10.2. The molecule has 0 aromatic heterocycles. The van der Waals surface area contributed by atoms with Gasteiger partial charge in [0.2, 0.25) is 0 Å². The molecule has 0 aromatic rings. The predicted octanol–water partition coefficient (Wildman–Crippen LogP) is 1.78. The van der Waals surface area contributed by atoms with Gasteiger partial charge in [0, 0.05) is 0 Å². The summed E-state index contributed by atoms with van der Waals surface area (Å²) in [5.41, 5.74) is 1.12. The molecule has 2 nitrogen and oxygen atoms in total. The average Bonchev–Trinajstić information content (AvgIpc) is 2.30. The van der Waals surface area contributed by atoms with Crippen LogP contribution in [0.15, 0.2) is 23.8 Å². The highest BCUT2D eigenvalue weighted by molar-refractivity contribution is 5.30. The molecule has 83 valence electrons. The first-order valence-electron chi connectivity index (χ1n) is 5.84. The Morgan fingerprint density at radius 3 is 2.73 bits per heavy atom. The van der Waals surface area contributed by atoms with Crippen LogP contribution in [0.5, 0.6) is 0 Å². The van der Waals surface area contributed by atoms with Crippen molar-refractivity contribution >= 4 is 0 Å². The van der Waals surface area contributed by atoms with Crippen LogP contribution in [0.2, 0.25) is 0 Å². The molecule has 1 radical (unpaired) electrons. The molecule has 1 unspecified atom stereocenters. The zero-order chi connectivity index (χ0) is 10.7. The molecule has 1 atom stereocenters. The van der Waals surface area contributed by atoms with E-state index in [1.54, 1.807) is 0 Å². The zero-order valence-corrected chi connectivity index (χ0v) is 9.39. The lowest BCUT2D eigenvalue weighted by Crippen LogP contribution is -2.36. The van der Waals surface area contributed by atoms with Crippen LogP contribution >= 0.6 is 0 Å². The van der Waals surface area contributed by atoms with Crippen LogP contribution in [0, 0.1) is 12.3 Å². The molecule has 1 aliphatic carbocycles. The Morgan fingerprint density at radius 2 is 2.13 bits per heavy atom. The highest BCUT2D eigenvalue weighted by atomic mass is 16.3. The van der Waals surface area contributed by atoms with Gasteiger partial charge in [0.1, 0.15) is 0 Å². The van der Waals surface area contributed by atoms with Crippen molar-refractivity contribution in [3.63, 3.8) is 0 Å². The minimum absolute atomic E-state index is 0.247. The molecule has 1 aliphatic heterocycles. The smallest absolute Gasteiger partial charge is 0.0815 e. The summed E-state index contributed by atoms with van der Waals surface area (Å²) >= 11 is 0. The molecule has 1 fully saturated rings. The van der Waals surface area contributed by atoms with Crippen molar-refractivity contribution in [2.45, 2.75) is 25.4 Å². The molecule has 0 saturated carbocycles. The molecule has 0 aromatic carbocycles. The topological polar surface area (TPSA) is 23.5 Å². The minimum Gasteiger partial charge on any atom is -0.388 e. The average molecular weight is 206 g/mol. The summed E-state index contributed by atoms with van der Waals surface area (Å²) in [5.74, 6) is 0.454. The van der Waals surface area contributed by atoms with Gasteiger partial charge >= 0.3 is 0 Å². The molecule has 0 bridgehead atoms. The van der Waals surface area contributed by atoms with Crippen molar-refractivity contribution in [2.24, 2.45) is 5.92 Å². The molecular formula is C13H20NO. The summed E-state index contributed by atoms with van der Waals surface area (Å²) in [5, 5.41) is 10.2. The third kappa shape index (κ3) is 2.70. The van der Waals surface area contributed by atoms with E-state index in [0.29, 0.717) is 5.92 Å². The Bertz CT molecular complexity index is 262. The summed E-state index contributed by atoms with van der Waals surface area (Å²) < 4.78 is 0. The Hall–Kier alpha value is -0.600. The maximum Gasteiger partial charge on any atom is 0.0815 e. The van der Waals surface area contributed by atoms with Gasteiger partial charge in [0.25, 0.3) is 0 Å². The van der Waals surface area contributed by atoms with E-state index in [4.69, 9.17) is 0 Å². The molecular weight excluding hydrogens is 186 g/mol.